The molecule has 0 fully saturated rings. The molecular weight excluding hydrogens is 302 g/mol. The van der Waals surface area contributed by atoms with Crippen LogP contribution in [0.4, 0.5) is 0 Å². The second-order valence-corrected chi connectivity index (χ2v) is 5.28. The van der Waals surface area contributed by atoms with Gasteiger partial charge in [-0.2, -0.15) is 0 Å². The molecule has 0 unspecified atom stereocenters. The predicted octanol–water partition coefficient (Wildman–Crippen LogP) is 4.36. The zero-order valence-electron chi connectivity index (χ0n) is 10.3. The first-order chi connectivity index (χ1) is 8.01. The SMILES string of the molecule is CCC(CC)N(C)C(=O)c1ccc(Br)c(Cl)c1. The molecule has 1 rings (SSSR count). The summed E-state index contributed by atoms with van der Waals surface area (Å²) in [6.45, 7) is 4.18. The molecule has 0 aliphatic carbocycles. The Morgan fingerprint density at radius 1 is 1.41 bits per heavy atom. The summed E-state index contributed by atoms with van der Waals surface area (Å²) in [7, 11) is 1.84. The number of hydrogen-bond donors (Lipinski definition) is 0. The van der Waals surface area contributed by atoms with E-state index in [1.54, 1.807) is 23.1 Å². The van der Waals surface area contributed by atoms with Gasteiger partial charge in [0, 0.05) is 23.1 Å². The Morgan fingerprint density at radius 2 is 2.00 bits per heavy atom. The van der Waals surface area contributed by atoms with Crippen molar-refractivity contribution in [2.75, 3.05) is 7.05 Å². The lowest BCUT2D eigenvalue weighted by Crippen LogP contribution is -2.36. The Labute approximate surface area is 116 Å². The first-order valence-electron chi connectivity index (χ1n) is 5.73. The molecule has 0 radical (unpaired) electrons. The predicted molar refractivity (Wildman–Crippen MR) is 75.6 cm³/mol. The minimum atomic E-state index is 0.0214. The van der Waals surface area contributed by atoms with E-state index in [4.69, 9.17) is 11.6 Å². The number of rotatable bonds is 4. The summed E-state index contributed by atoms with van der Waals surface area (Å²) in [6.07, 6.45) is 1.92. The lowest BCUT2D eigenvalue weighted by atomic mass is 10.1. The van der Waals surface area contributed by atoms with Crippen LogP contribution in [0.2, 0.25) is 5.02 Å². The van der Waals surface area contributed by atoms with Crippen LogP contribution in [0.25, 0.3) is 0 Å². The molecule has 17 heavy (non-hydrogen) atoms. The van der Waals surface area contributed by atoms with Crippen molar-refractivity contribution in [3.63, 3.8) is 0 Å². The molecule has 4 heteroatoms. The largest absolute Gasteiger partial charge is 0.339 e. The summed E-state index contributed by atoms with van der Waals surface area (Å²) in [5.74, 6) is 0.0214. The quantitative estimate of drug-likeness (QED) is 0.807. The van der Waals surface area contributed by atoms with E-state index in [-0.39, 0.29) is 11.9 Å². The molecule has 0 aliphatic rings. The second-order valence-electron chi connectivity index (χ2n) is 4.02. The molecule has 0 heterocycles. The Kier molecular flexibility index (Phi) is 5.47. The molecule has 1 amide bonds. The van der Waals surface area contributed by atoms with Crippen LogP contribution < -0.4 is 0 Å². The third-order valence-corrected chi connectivity index (χ3v) is 4.21. The Hall–Kier alpha value is -0.540. The molecule has 0 aromatic heterocycles. The fraction of sp³-hybridized carbons (Fsp3) is 0.462. The highest BCUT2D eigenvalue weighted by Crippen LogP contribution is 2.24. The van der Waals surface area contributed by atoms with E-state index in [9.17, 15) is 4.79 Å². The number of carbonyl (C=O) groups is 1. The molecule has 0 saturated heterocycles. The zero-order chi connectivity index (χ0) is 13.0. The van der Waals surface area contributed by atoms with Gasteiger partial charge in [-0.15, -0.1) is 0 Å². The number of amides is 1. The average molecular weight is 319 g/mol. The summed E-state index contributed by atoms with van der Waals surface area (Å²) in [5, 5.41) is 0.564. The van der Waals surface area contributed by atoms with Crippen molar-refractivity contribution >= 4 is 33.4 Å². The summed E-state index contributed by atoms with van der Waals surface area (Å²) >= 11 is 9.31. The van der Waals surface area contributed by atoms with Crippen LogP contribution in [-0.2, 0) is 0 Å². The fourth-order valence-electron chi connectivity index (χ4n) is 1.84. The van der Waals surface area contributed by atoms with Gasteiger partial charge < -0.3 is 4.90 Å². The Bertz CT molecular complexity index is 404. The summed E-state index contributed by atoms with van der Waals surface area (Å²) in [5.41, 5.74) is 0.632. The highest BCUT2D eigenvalue weighted by atomic mass is 79.9. The third kappa shape index (κ3) is 3.46. The van der Waals surface area contributed by atoms with E-state index in [1.807, 2.05) is 7.05 Å². The van der Waals surface area contributed by atoms with Crippen LogP contribution >= 0.6 is 27.5 Å². The lowest BCUT2D eigenvalue weighted by molar-refractivity contribution is 0.0723. The Balaban J connectivity index is 2.92. The van der Waals surface area contributed by atoms with Crippen LogP contribution in [-0.4, -0.2) is 23.9 Å². The maximum Gasteiger partial charge on any atom is 0.253 e. The molecule has 0 saturated carbocycles. The average Bonchev–Trinajstić information content (AvgIpc) is 2.33. The molecule has 0 bridgehead atoms. The van der Waals surface area contributed by atoms with E-state index in [0.29, 0.717) is 10.6 Å². The Morgan fingerprint density at radius 3 is 2.47 bits per heavy atom. The number of hydrogen-bond acceptors (Lipinski definition) is 1. The van der Waals surface area contributed by atoms with Gasteiger partial charge >= 0.3 is 0 Å². The monoisotopic (exact) mass is 317 g/mol. The molecule has 94 valence electrons. The molecule has 0 spiro atoms. The number of halogens is 2. The zero-order valence-corrected chi connectivity index (χ0v) is 12.7. The molecule has 0 aliphatic heterocycles. The van der Waals surface area contributed by atoms with Gasteiger partial charge in [0.2, 0.25) is 0 Å². The number of nitrogens with zero attached hydrogens (tertiary/aromatic N) is 1. The van der Waals surface area contributed by atoms with Gasteiger partial charge in [0.05, 0.1) is 5.02 Å². The van der Waals surface area contributed by atoms with Crippen molar-refractivity contribution in [3.05, 3.63) is 33.3 Å². The van der Waals surface area contributed by atoms with Gasteiger partial charge in [0.15, 0.2) is 0 Å². The van der Waals surface area contributed by atoms with Gasteiger partial charge in [0.25, 0.3) is 5.91 Å². The highest BCUT2D eigenvalue weighted by Gasteiger charge is 2.18. The van der Waals surface area contributed by atoms with E-state index < -0.39 is 0 Å². The van der Waals surface area contributed by atoms with Crippen LogP contribution in [0, 0.1) is 0 Å². The standard InChI is InChI=1S/C13H17BrClNO/c1-4-10(5-2)16(3)13(17)9-6-7-11(14)12(15)8-9/h6-8,10H,4-5H2,1-3H3. The number of benzene rings is 1. The van der Waals surface area contributed by atoms with Gasteiger partial charge in [-0.25, -0.2) is 0 Å². The molecular formula is C13H17BrClNO. The highest BCUT2D eigenvalue weighted by molar-refractivity contribution is 9.10. The number of carbonyl (C=O) groups excluding carboxylic acids is 1. The van der Waals surface area contributed by atoms with Gasteiger partial charge in [-0.1, -0.05) is 25.4 Å². The minimum absolute atomic E-state index is 0.0214. The fourth-order valence-corrected chi connectivity index (χ4v) is 2.26. The third-order valence-electron chi connectivity index (χ3n) is 2.98. The van der Waals surface area contributed by atoms with Crippen LogP contribution in [0.1, 0.15) is 37.0 Å². The normalized spacial score (nSPS) is 10.7. The van der Waals surface area contributed by atoms with E-state index in [1.165, 1.54) is 0 Å². The van der Waals surface area contributed by atoms with Gasteiger partial charge in [0.1, 0.15) is 0 Å². The summed E-state index contributed by atoms with van der Waals surface area (Å²) in [6, 6.07) is 5.57. The first-order valence-corrected chi connectivity index (χ1v) is 6.90. The van der Waals surface area contributed by atoms with Crippen LogP contribution in [0.3, 0.4) is 0 Å². The topological polar surface area (TPSA) is 20.3 Å². The van der Waals surface area contributed by atoms with Crippen molar-refractivity contribution in [1.29, 1.82) is 0 Å². The van der Waals surface area contributed by atoms with Crippen molar-refractivity contribution < 1.29 is 4.79 Å². The van der Waals surface area contributed by atoms with E-state index >= 15 is 0 Å². The summed E-state index contributed by atoms with van der Waals surface area (Å²) in [4.78, 5) is 14.0. The lowest BCUT2D eigenvalue weighted by Gasteiger charge is -2.26. The summed E-state index contributed by atoms with van der Waals surface area (Å²) < 4.78 is 0.806. The minimum Gasteiger partial charge on any atom is -0.339 e. The van der Waals surface area contributed by atoms with Crippen molar-refractivity contribution in [3.8, 4) is 0 Å². The molecule has 0 N–H and O–H groups in total. The first kappa shape index (κ1) is 14.5. The molecule has 1 aromatic rings. The maximum absolute atomic E-state index is 12.2. The van der Waals surface area contributed by atoms with Crippen molar-refractivity contribution in [2.45, 2.75) is 32.7 Å². The van der Waals surface area contributed by atoms with Gasteiger partial charge in [-0.05, 0) is 47.0 Å². The van der Waals surface area contributed by atoms with Crippen LogP contribution in [0.5, 0.6) is 0 Å². The van der Waals surface area contributed by atoms with Crippen LogP contribution in [0.15, 0.2) is 22.7 Å². The van der Waals surface area contributed by atoms with Crippen molar-refractivity contribution in [1.82, 2.24) is 4.90 Å². The maximum atomic E-state index is 12.2. The van der Waals surface area contributed by atoms with Gasteiger partial charge in [-0.3, -0.25) is 4.79 Å². The smallest absolute Gasteiger partial charge is 0.253 e. The molecule has 2 nitrogen and oxygen atoms in total. The van der Waals surface area contributed by atoms with E-state index in [2.05, 4.69) is 29.8 Å². The van der Waals surface area contributed by atoms with E-state index in [0.717, 1.165) is 17.3 Å². The van der Waals surface area contributed by atoms with Crippen molar-refractivity contribution in [2.24, 2.45) is 0 Å². The molecule has 0 atom stereocenters. The molecule has 1 aromatic carbocycles. The second kappa shape index (κ2) is 6.41.